The molecule has 3 nitrogen and oxygen atoms in total. The van der Waals surface area contributed by atoms with Gasteiger partial charge in [0.2, 0.25) is 5.91 Å². The molecular weight excluding hydrogens is 164 g/mol. The Balaban J connectivity index is 2.43. The van der Waals surface area contributed by atoms with Gasteiger partial charge in [-0.15, -0.1) is 0 Å². The van der Waals surface area contributed by atoms with Crippen molar-refractivity contribution in [3.8, 4) is 0 Å². The largest absolute Gasteiger partial charge is 0.353 e. The monoisotopic (exact) mass is 184 g/mol. The third-order valence-corrected chi connectivity index (χ3v) is 2.87. The normalized spacial score (nSPS) is 27.0. The van der Waals surface area contributed by atoms with Crippen molar-refractivity contribution in [2.75, 3.05) is 19.6 Å². The lowest BCUT2D eigenvalue weighted by Crippen LogP contribution is -2.54. The van der Waals surface area contributed by atoms with Crippen LogP contribution in [0.2, 0.25) is 0 Å². The molecule has 76 valence electrons. The molecule has 1 N–H and O–H groups in total. The highest BCUT2D eigenvalue weighted by atomic mass is 16.2. The highest BCUT2D eigenvalue weighted by Gasteiger charge is 2.25. The van der Waals surface area contributed by atoms with Crippen LogP contribution in [0.3, 0.4) is 0 Å². The van der Waals surface area contributed by atoms with Crippen LogP contribution in [0.4, 0.5) is 0 Å². The van der Waals surface area contributed by atoms with Crippen LogP contribution in [0.25, 0.3) is 0 Å². The van der Waals surface area contributed by atoms with Crippen LogP contribution in [0.1, 0.15) is 27.2 Å². The first-order chi connectivity index (χ1) is 6.15. The maximum absolute atomic E-state index is 11.3. The van der Waals surface area contributed by atoms with Gasteiger partial charge in [0.1, 0.15) is 0 Å². The highest BCUT2D eigenvalue weighted by molar-refractivity contribution is 5.81. The Morgan fingerprint density at radius 2 is 2.38 bits per heavy atom. The minimum atomic E-state index is 0.0581. The number of nitrogens with one attached hydrogen (secondary N) is 1. The molecule has 1 rings (SSSR count). The van der Waals surface area contributed by atoms with E-state index in [1.165, 1.54) is 6.42 Å². The summed E-state index contributed by atoms with van der Waals surface area (Å²) in [6.07, 6.45) is 1.19. The average molecular weight is 184 g/mol. The predicted molar refractivity (Wildman–Crippen MR) is 53.5 cm³/mol. The van der Waals surface area contributed by atoms with E-state index in [1.807, 2.05) is 6.92 Å². The van der Waals surface area contributed by atoms with E-state index in [0.717, 1.165) is 19.6 Å². The molecule has 13 heavy (non-hydrogen) atoms. The fraction of sp³-hybridized carbons (Fsp3) is 0.900. The lowest BCUT2D eigenvalue weighted by Gasteiger charge is -2.34. The van der Waals surface area contributed by atoms with Crippen molar-refractivity contribution >= 4 is 5.91 Å². The topological polar surface area (TPSA) is 32.3 Å². The standard InChI is InChI=1S/C10H20N2O/c1-4-8(2)7-12-6-5-11-10(13)9(12)3/h8-9H,4-7H2,1-3H3,(H,11,13). The van der Waals surface area contributed by atoms with Crippen molar-refractivity contribution in [2.24, 2.45) is 5.92 Å². The summed E-state index contributed by atoms with van der Waals surface area (Å²) in [6, 6.07) is 0.0581. The molecule has 1 saturated heterocycles. The summed E-state index contributed by atoms with van der Waals surface area (Å²) in [5.41, 5.74) is 0. The maximum Gasteiger partial charge on any atom is 0.237 e. The van der Waals surface area contributed by atoms with E-state index in [1.54, 1.807) is 0 Å². The average Bonchev–Trinajstić information content (AvgIpc) is 2.13. The summed E-state index contributed by atoms with van der Waals surface area (Å²) in [6.45, 7) is 9.26. The Hall–Kier alpha value is -0.570. The van der Waals surface area contributed by atoms with Crippen LogP contribution in [0.5, 0.6) is 0 Å². The molecule has 3 heteroatoms. The number of carbonyl (C=O) groups is 1. The van der Waals surface area contributed by atoms with Crippen LogP contribution >= 0.6 is 0 Å². The fourth-order valence-corrected chi connectivity index (χ4v) is 1.61. The summed E-state index contributed by atoms with van der Waals surface area (Å²) in [7, 11) is 0. The molecule has 0 aromatic heterocycles. The van der Waals surface area contributed by atoms with Crippen LogP contribution in [0.15, 0.2) is 0 Å². The molecule has 0 saturated carbocycles. The summed E-state index contributed by atoms with van der Waals surface area (Å²) >= 11 is 0. The van der Waals surface area contributed by atoms with Crippen LogP contribution in [0, 0.1) is 5.92 Å². The summed E-state index contributed by atoms with van der Waals surface area (Å²) in [5, 5.41) is 2.87. The van der Waals surface area contributed by atoms with E-state index in [0.29, 0.717) is 5.92 Å². The molecule has 0 bridgehead atoms. The maximum atomic E-state index is 11.3. The number of rotatable bonds is 3. The second-order valence-electron chi connectivity index (χ2n) is 3.98. The van der Waals surface area contributed by atoms with Gasteiger partial charge in [-0.3, -0.25) is 9.69 Å². The number of amides is 1. The molecule has 1 aliphatic rings. The Kier molecular flexibility index (Phi) is 3.72. The van der Waals surface area contributed by atoms with E-state index in [4.69, 9.17) is 0 Å². The quantitative estimate of drug-likeness (QED) is 0.705. The second-order valence-corrected chi connectivity index (χ2v) is 3.98. The third-order valence-electron chi connectivity index (χ3n) is 2.87. The molecule has 0 aromatic rings. The Labute approximate surface area is 80.5 Å². The van der Waals surface area contributed by atoms with Gasteiger partial charge in [-0.05, 0) is 12.8 Å². The van der Waals surface area contributed by atoms with Gasteiger partial charge in [0.25, 0.3) is 0 Å². The molecule has 0 radical (unpaired) electrons. The molecule has 0 aliphatic carbocycles. The fourth-order valence-electron chi connectivity index (χ4n) is 1.61. The van der Waals surface area contributed by atoms with Gasteiger partial charge >= 0.3 is 0 Å². The van der Waals surface area contributed by atoms with Gasteiger partial charge in [0.05, 0.1) is 6.04 Å². The molecule has 1 fully saturated rings. The molecule has 1 heterocycles. The number of nitrogens with zero attached hydrogens (tertiary/aromatic N) is 1. The first-order valence-corrected chi connectivity index (χ1v) is 5.17. The molecule has 1 aliphatic heterocycles. The van der Waals surface area contributed by atoms with Gasteiger partial charge in [0, 0.05) is 19.6 Å². The van der Waals surface area contributed by atoms with Crippen molar-refractivity contribution in [1.29, 1.82) is 0 Å². The van der Waals surface area contributed by atoms with Gasteiger partial charge in [-0.25, -0.2) is 0 Å². The van der Waals surface area contributed by atoms with E-state index in [-0.39, 0.29) is 11.9 Å². The second kappa shape index (κ2) is 4.61. The number of piperazine rings is 1. The molecule has 0 spiro atoms. The zero-order valence-electron chi connectivity index (χ0n) is 8.84. The van der Waals surface area contributed by atoms with Crippen molar-refractivity contribution in [3.63, 3.8) is 0 Å². The van der Waals surface area contributed by atoms with E-state index >= 15 is 0 Å². The van der Waals surface area contributed by atoms with Gasteiger partial charge in [-0.2, -0.15) is 0 Å². The van der Waals surface area contributed by atoms with Gasteiger partial charge in [-0.1, -0.05) is 20.3 Å². The third kappa shape index (κ3) is 2.69. The molecule has 1 amide bonds. The predicted octanol–water partition coefficient (Wildman–Crippen LogP) is 0.853. The Morgan fingerprint density at radius 1 is 1.69 bits per heavy atom. The number of hydrogen-bond donors (Lipinski definition) is 1. The first kappa shape index (κ1) is 10.5. The smallest absolute Gasteiger partial charge is 0.237 e. The van der Waals surface area contributed by atoms with Gasteiger partial charge < -0.3 is 5.32 Å². The first-order valence-electron chi connectivity index (χ1n) is 5.17. The van der Waals surface area contributed by atoms with Crippen molar-refractivity contribution in [2.45, 2.75) is 33.2 Å². The zero-order valence-corrected chi connectivity index (χ0v) is 8.84. The molecule has 2 atom stereocenters. The van der Waals surface area contributed by atoms with Gasteiger partial charge in [0.15, 0.2) is 0 Å². The van der Waals surface area contributed by atoms with E-state index in [2.05, 4.69) is 24.1 Å². The van der Waals surface area contributed by atoms with Crippen molar-refractivity contribution < 1.29 is 4.79 Å². The van der Waals surface area contributed by atoms with Crippen LogP contribution in [-0.4, -0.2) is 36.5 Å². The van der Waals surface area contributed by atoms with Crippen molar-refractivity contribution in [3.05, 3.63) is 0 Å². The lowest BCUT2D eigenvalue weighted by atomic mass is 10.1. The zero-order chi connectivity index (χ0) is 9.84. The van der Waals surface area contributed by atoms with E-state index < -0.39 is 0 Å². The lowest BCUT2D eigenvalue weighted by molar-refractivity contribution is -0.128. The molecule has 0 aromatic carbocycles. The number of hydrogen-bond acceptors (Lipinski definition) is 2. The molecular formula is C10H20N2O. The minimum absolute atomic E-state index is 0.0581. The SMILES string of the molecule is CCC(C)CN1CCNC(=O)C1C. The highest BCUT2D eigenvalue weighted by Crippen LogP contribution is 2.09. The van der Waals surface area contributed by atoms with Crippen molar-refractivity contribution in [1.82, 2.24) is 10.2 Å². The van der Waals surface area contributed by atoms with Crippen LogP contribution in [-0.2, 0) is 4.79 Å². The molecule has 2 unspecified atom stereocenters. The number of carbonyl (C=O) groups excluding carboxylic acids is 1. The summed E-state index contributed by atoms with van der Waals surface area (Å²) < 4.78 is 0. The minimum Gasteiger partial charge on any atom is -0.353 e. The summed E-state index contributed by atoms with van der Waals surface area (Å²) in [5.74, 6) is 0.864. The van der Waals surface area contributed by atoms with Crippen LogP contribution < -0.4 is 5.32 Å². The Bertz CT molecular complexity index is 182. The summed E-state index contributed by atoms with van der Waals surface area (Å²) in [4.78, 5) is 13.6. The van der Waals surface area contributed by atoms with E-state index in [9.17, 15) is 4.79 Å². The Morgan fingerprint density at radius 3 is 3.00 bits per heavy atom.